The highest BCUT2D eigenvalue weighted by Gasteiger charge is 1.94. The molecule has 0 saturated carbocycles. The lowest BCUT2D eigenvalue weighted by Crippen LogP contribution is -1.97. The Morgan fingerprint density at radius 3 is 2.59 bits per heavy atom. The fraction of sp³-hybridized carbons (Fsp3) is 0.643. The highest BCUT2D eigenvalue weighted by molar-refractivity contribution is 5.28. The Labute approximate surface area is 104 Å². The SMILES string of the molecule is CCCCCCCCOCc1ccc(N)nc1. The summed E-state index contributed by atoms with van der Waals surface area (Å²) in [6.45, 7) is 3.72. The van der Waals surface area contributed by atoms with Crippen LogP contribution >= 0.6 is 0 Å². The minimum atomic E-state index is 0.560. The molecule has 0 bridgehead atoms. The summed E-state index contributed by atoms with van der Waals surface area (Å²) in [6, 6.07) is 3.77. The molecule has 1 rings (SSSR count). The molecule has 3 nitrogen and oxygen atoms in total. The summed E-state index contributed by atoms with van der Waals surface area (Å²) in [4.78, 5) is 4.03. The average molecular weight is 236 g/mol. The van der Waals surface area contributed by atoms with Crippen molar-refractivity contribution in [3.63, 3.8) is 0 Å². The number of nitrogen functional groups attached to an aromatic ring is 1. The molecule has 0 aromatic carbocycles. The Bertz CT molecular complexity index is 285. The normalized spacial score (nSPS) is 10.6. The molecule has 0 amide bonds. The van der Waals surface area contributed by atoms with Gasteiger partial charge in [0.25, 0.3) is 0 Å². The van der Waals surface area contributed by atoms with Gasteiger partial charge in [-0.2, -0.15) is 0 Å². The van der Waals surface area contributed by atoms with Crippen molar-refractivity contribution < 1.29 is 4.74 Å². The highest BCUT2D eigenvalue weighted by atomic mass is 16.5. The van der Waals surface area contributed by atoms with Crippen LogP contribution in [-0.4, -0.2) is 11.6 Å². The van der Waals surface area contributed by atoms with Crippen LogP contribution in [0.5, 0.6) is 0 Å². The summed E-state index contributed by atoms with van der Waals surface area (Å²) < 4.78 is 5.59. The largest absolute Gasteiger partial charge is 0.384 e. The van der Waals surface area contributed by atoms with Crippen molar-refractivity contribution >= 4 is 5.82 Å². The maximum atomic E-state index is 5.59. The fourth-order valence-electron chi connectivity index (χ4n) is 1.70. The van der Waals surface area contributed by atoms with Crippen LogP contribution in [0, 0.1) is 0 Å². The van der Waals surface area contributed by atoms with Crippen molar-refractivity contribution in [1.82, 2.24) is 4.98 Å². The predicted molar refractivity (Wildman–Crippen MR) is 71.7 cm³/mol. The van der Waals surface area contributed by atoms with E-state index in [2.05, 4.69) is 11.9 Å². The molecule has 0 fully saturated rings. The number of pyridine rings is 1. The van der Waals surface area contributed by atoms with Gasteiger partial charge < -0.3 is 10.5 Å². The van der Waals surface area contributed by atoms with Crippen LogP contribution in [0.3, 0.4) is 0 Å². The smallest absolute Gasteiger partial charge is 0.123 e. The van der Waals surface area contributed by atoms with Gasteiger partial charge >= 0.3 is 0 Å². The zero-order valence-electron chi connectivity index (χ0n) is 10.8. The van der Waals surface area contributed by atoms with Crippen LogP contribution in [0.25, 0.3) is 0 Å². The molecule has 0 aliphatic heterocycles. The van der Waals surface area contributed by atoms with Crippen LogP contribution in [-0.2, 0) is 11.3 Å². The summed E-state index contributed by atoms with van der Waals surface area (Å²) in [6.07, 6.45) is 9.57. The van der Waals surface area contributed by atoms with E-state index in [1.54, 1.807) is 6.20 Å². The van der Waals surface area contributed by atoms with Gasteiger partial charge in [0.1, 0.15) is 5.82 Å². The first-order valence-electron chi connectivity index (χ1n) is 6.61. The highest BCUT2D eigenvalue weighted by Crippen LogP contribution is 2.06. The molecule has 96 valence electrons. The molecule has 0 radical (unpaired) electrons. The number of aromatic nitrogens is 1. The topological polar surface area (TPSA) is 48.1 Å². The standard InChI is InChI=1S/C14H24N2O/c1-2-3-4-5-6-7-10-17-12-13-8-9-14(15)16-11-13/h8-9,11H,2-7,10,12H2,1H3,(H2,15,16). The monoisotopic (exact) mass is 236 g/mol. The lowest BCUT2D eigenvalue weighted by Gasteiger charge is -2.04. The third kappa shape index (κ3) is 6.95. The van der Waals surface area contributed by atoms with Crippen molar-refractivity contribution in [3.05, 3.63) is 23.9 Å². The summed E-state index contributed by atoms with van der Waals surface area (Å²) in [5.74, 6) is 0.560. The summed E-state index contributed by atoms with van der Waals surface area (Å²) in [5, 5.41) is 0. The van der Waals surface area contributed by atoms with Gasteiger partial charge in [0.15, 0.2) is 0 Å². The number of unbranched alkanes of at least 4 members (excludes halogenated alkanes) is 5. The first-order valence-corrected chi connectivity index (χ1v) is 6.61. The van der Waals surface area contributed by atoms with Crippen LogP contribution < -0.4 is 5.73 Å². The summed E-state index contributed by atoms with van der Waals surface area (Å²) in [5.41, 5.74) is 6.60. The number of anilines is 1. The van der Waals surface area contributed by atoms with E-state index in [0.717, 1.165) is 18.6 Å². The van der Waals surface area contributed by atoms with Gasteiger partial charge in [0, 0.05) is 12.8 Å². The maximum Gasteiger partial charge on any atom is 0.123 e. The molecule has 0 unspecified atom stereocenters. The van der Waals surface area contributed by atoms with Gasteiger partial charge in [0.05, 0.1) is 6.61 Å². The van der Waals surface area contributed by atoms with E-state index in [4.69, 9.17) is 10.5 Å². The number of rotatable bonds is 9. The molecule has 2 N–H and O–H groups in total. The Hall–Kier alpha value is -1.09. The van der Waals surface area contributed by atoms with Gasteiger partial charge in [-0.05, 0) is 18.1 Å². The van der Waals surface area contributed by atoms with Crippen molar-refractivity contribution in [2.24, 2.45) is 0 Å². The van der Waals surface area contributed by atoms with Crippen molar-refractivity contribution in [2.45, 2.75) is 52.1 Å². The Morgan fingerprint density at radius 2 is 1.88 bits per heavy atom. The van der Waals surface area contributed by atoms with Crippen LogP contribution in [0.4, 0.5) is 5.82 Å². The third-order valence-corrected chi connectivity index (χ3v) is 2.76. The maximum absolute atomic E-state index is 5.59. The van der Waals surface area contributed by atoms with Crippen molar-refractivity contribution in [1.29, 1.82) is 0 Å². The second-order valence-corrected chi connectivity index (χ2v) is 4.41. The molecule has 17 heavy (non-hydrogen) atoms. The van der Waals surface area contributed by atoms with Crippen LogP contribution in [0.2, 0.25) is 0 Å². The van der Waals surface area contributed by atoms with Gasteiger partial charge in [-0.3, -0.25) is 0 Å². The third-order valence-electron chi connectivity index (χ3n) is 2.76. The minimum absolute atomic E-state index is 0.560. The van der Waals surface area contributed by atoms with Gasteiger partial charge in [-0.1, -0.05) is 45.1 Å². The molecular weight excluding hydrogens is 212 g/mol. The van der Waals surface area contributed by atoms with Crippen LogP contribution in [0.15, 0.2) is 18.3 Å². The quantitative estimate of drug-likeness (QED) is 0.667. The van der Waals surface area contributed by atoms with Crippen LogP contribution in [0.1, 0.15) is 51.0 Å². The fourth-order valence-corrected chi connectivity index (χ4v) is 1.70. The van der Waals surface area contributed by atoms with E-state index in [-0.39, 0.29) is 0 Å². The first kappa shape index (κ1) is 14.0. The number of ether oxygens (including phenoxy) is 1. The van der Waals surface area contributed by atoms with Gasteiger partial charge in [-0.25, -0.2) is 4.98 Å². The molecule has 1 aromatic heterocycles. The minimum Gasteiger partial charge on any atom is -0.384 e. The van der Waals surface area contributed by atoms with E-state index in [1.807, 2.05) is 12.1 Å². The van der Waals surface area contributed by atoms with Crippen molar-refractivity contribution in [2.75, 3.05) is 12.3 Å². The van der Waals surface area contributed by atoms with E-state index < -0.39 is 0 Å². The summed E-state index contributed by atoms with van der Waals surface area (Å²) >= 11 is 0. The van der Waals surface area contributed by atoms with E-state index in [9.17, 15) is 0 Å². The van der Waals surface area contributed by atoms with E-state index in [1.165, 1.54) is 32.1 Å². The number of hydrogen-bond donors (Lipinski definition) is 1. The number of hydrogen-bond acceptors (Lipinski definition) is 3. The zero-order chi connectivity index (χ0) is 12.3. The van der Waals surface area contributed by atoms with Crippen molar-refractivity contribution in [3.8, 4) is 0 Å². The Balaban J connectivity index is 1.95. The number of nitrogens with two attached hydrogens (primary N) is 1. The van der Waals surface area contributed by atoms with Gasteiger partial charge in [-0.15, -0.1) is 0 Å². The summed E-state index contributed by atoms with van der Waals surface area (Å²) in [7, 11) is 0. The lowest BCUT2D eigenvalue weighted by molar-refractivity contribution is 0.116. The first-order chi connectivity index (χ1) is 8.33. The Morgan fingerprint density at radius 1 is 1.12 bits per heavy atom. The second-order valence-electron chi connectivity index (χ2n) is 4.41. The second kappa shape index (κ2) is 8.99. The molecule has 3 heteroatoms. The molecule has 0 spiro atoms. The zero-order valence-corrected chi connectivity index (χ0v) is 10.8. The van der Waals surface area contributed by atoms with E-state index in [0.29, 0.717) is 12.4 Å². The molecule has 1 aromatic rings. The molecule has 0 aliphatic rings. The predicted octanol–water partition coefficient (Wildman–Crippen LogP) is 3.54. The Kier molecular flexibility index (Phi) is 7.39. The molecule has 0 aliphatic carbocycles. The lowest BCUT2D eigenvalue weighted by atomic mass is 10.1. The average Bonchev–Trinajstić information content (AvgIpc) is 2.35. The molecule has 1 heterocycles. The molecule has 0 atom stereocenters. The number of nitrogens with zero attached hydrogens (tertiary/aromatic N) is 1. The molecule has 0 saturated heterocycles. The van der Waals surface area contributed by atoms with E-state index >= 15 is 0 Å². The molecular formula is C14H24N2O. The van der Waals surface area contributed by atoms with Gasteiger partial charge in [0.2, 0.25) is 0 Å².